The van der Waals surface area contributed by atoms with Crippen LogP contribution < -0.4 is 0 Å². The molecule has 0 saturated carbocycles. The Balaban J connectivity index is 1.98. The minimum Gasteiger partial charge on any atom is -0.341 e. The lowest BCUT2D eigenvalue weighted by atomic mass is 10.0. The van der Waals surface area contributed by atoms with E-state index < -0.39 is 0 Å². The van der Waals surface area contributed by atoms with E-state index in [1.165, 1.54) is 12.8 Å². The molecule has 19 heavy (non-hydrogen) atoms. The monoisotopic (exact) mass is 266 g/mol. The first-order valence-electron chi connectivity index (χ1n) is 7.74. The summed E-state index contributed by atoms with van der Waals surface area (Å²) in [6.45, 7) is 4.63. The summed E-state index contributed by atoms with van der Waals surface area (Å²) in [5.41, 5.74) is 0. The van der Waals surface area contributed by atoms with Crippen LogP contribution in [0.5, 0.6) is 0 Å². The van der Waals surface area contributed by atoms with Gasteiger partial charge in [0.05, 0.1) is 12.1 Å². The van der Waals surface area contributed by atoms with E-state index in [0.29, 0.717) is 0 Å². The van der Waals surface area contributed by atoms with Crippen LogP contribution in [0, 0.1) is 0 Å². The summed E-state index contributed by atoms with van der Waals surface area (Å²) in [4.78, 5) is 27.9. The van der Waals surface area contributed by atoms with E-state index >= 15 is 0 Å². The van der Waals surface area contributed by atoms with Gasteiger partial charge >= 0.3 is 0 Å². The molecular formula is C15H26N2O2. The number of carbonyl (C=O) groups excluding carboxylic acids is 2. The first-order valence-corrected chi connectivity index (χ1v) is 7.74. The minimum absolute atomic E-state index is 0.0559. The van der Waals surface area contributed by atoms with Gasteiger partial charge in [0.25, 0.3) is 0 Å². The number of amides is 1. The molecule has 4 nitrogen and oxygen atoms in total. The van der Waals surface area contributed by atoms with Crippen molar-refractivity contribution in [1.29, 1.82) is 0 Å². The van der Waals surface area contributed by atoms with E-state index in [9.17, 15) is 9.59 Å². The third kappa shape index (κ3) is 3.56. The van der Waals surface area contributed by atoms with Crippen LogP contribution in [-0.4, -0.2) is 53.7 Å². The van der Waals surface area contributed by atoms with Crippen LogP contribution >= 0.6 is 0 Å². The molecule has 0 radical (unpaired) electrons. The molecule has 2 heterocycles. The van der Waals surface area contributed by atoms with Gasteiger partial charge in [0.2, 0.25) is 5.91 Å². The maximum absolute atomic E-state index is 12.6. The smallest absolute Gasteiger partial charge is 0.239 e. The number of likely N-dealkylation sites (tertiary alicyclic amines) is 2. The number of piperidine rings is 1. The number of aldehydes is 1. The summed E-state index contributed by atoms with van der Waals surface area (Å²) < 4.78 is 0. The van der Waals surface area contributed by atoms with Crippen molar-refractivity contribution in [2.45, 2.75) is 64.0 Å². The molecule has 4 heteroatoms. The molecule has 2 rings (SSSR count). The van der Waals surface area contributed by atoms with Crippen LogP contribution in [0.25, 0.3) is 0 Å². The zero-order chi connectivity index (χ0) is 13.7. The zero-order valence-electron chi connectivity index (χ0n) is 12.0. The van der Waals surface area contributed by atoms with Crippen molar-refractivity contribution >= 4 is 12.2 Å². The number of nitrogens with zero attached hydrogens (tertiary/aromatic N) is 2. The van der Waals surface area contributed by atoms with Gasteiger partial charge in [-0.2, -0.15) is 0 Å². The molecule has 0 aromatic rings. The first-order chi connectivity index (χ1) is 9.24. The van der Waals surface area contributed by atoms with E-state index in [1.807, 2.05) is 11.8 Å². The van der Waals surface area contributed by atoms with Gasteiger partial charge in [-0.3, -0.25) is 9.69 Å². The van der Waals surface area contributed by atoms with Crippen molar-refractivity contribution in [3.05, 3.63) is 0 Å². The zero-order valence-corrected chi connectivity index (χ0v) is 12.0. The molecule has 0 aromatic heterocycles. The highest BCUT2D eigenvalue weighted by atomic mass is 16.2. The molecule has 0 spiro atoms. The quantitative estimate of drug-likeness (QED) is 0.732. The topological polar surface area (TPSA) is 40.6 Å². The standard InChI is InChI=1S/C15H26N2O2/c1-13(17-11-7-4-8-14(17)12-18)15(19)16-9-5-2-3-6-10-16/h12-14H,2-11H2,1H3. The predicted octanol–water partition coefficient (Wildman–Crippen LogP) is 1.83. The third-order valence-corrected chi connectivity index (χ3v) is 4.52. The van der Waals surface area contributed by atoms with Crippen molar-refractivity contribution in [2.24, 2.45) is 0 Å². The van der Waals surface area contributed by atoms with Crippen molar-refractivity contribution < 1.29 is 9.59 Å². The lowest BCUT2D eigenvalue weighted by Gasteiger charge is -2.38. The Morgan fingerprint density at radius 3 is 2.32 bits per heavy atom. The van der Waals surface area contributed by atoms with Gasteiger partial charge in [0.15, 0.2) is 0 Å². The van der Waals surface area contributed by atoms with E-state index in [4.69, 9.17) is 0 Å². The summed E-state index contributed by atoms with van der Waals surface area (Å²) >= 11 is 0. The Morgan fingerprint density at radius 2 is 1.68 bits per heavy atom. The third-order valence-electron chi connectivity index (χ3n) is 4.52. The van der Waals surface area contributed by atoms with Crippen molar-refractivity contribution in [3.8, 4) is 0 Å². The van der Waals surface area contributed by atoms with E-state index in [1.54, 1.807) is 0 Å². The predicted molar refractivity (Wildman–Crippen MR) is 74.9 cm³/mol. The summed E-state index contributed by atoms with van der Waals surface area (Å²) in [6, 6.07) is -0.201. The maximum Gasteiger partial charge on any atom is 0.239 e. The Morgan fingerprint density at radius 1 is 1.05 bits per heavy atom. The summed E-state index contributed by atoms with van der Waals surface area (Å²) in [7, 11) is 0. The fourth-order valence-corrected chi connectivity index (χ4v) is 3.30. The Hall–Kier alpha value is -0.900. The summed E-state index contributed by atoms with van der Waals surface area (Å²) in [5.74, 6) is 0.218. The lowest BCUT2D eigenvalue weighted by Crippen LogP contribution is -2.53. The number of rotatable bonds is 3. The average molecular weight is 266 g/mol. The SMILES string of the molecule is CC(C(=O)N1CCCCCC1)N1CCCCC1C=O. The molecule has 0 aliphatic carbocycles. The second kappa shape index (κ2) is 7.04. The van der Waals surface area contributed by atoms with Gasteiger partial charge in [0.1, 0.15) is 6.29 Å². The lowest BCUT2D eigenvalue weighted by molar-refractivity contribution is -0.138. The minimum atomic E-state index is -0.145. The van der Waals surface area contributed by atoms with Gasteiger partial charge in [-0.25, -0.2) is 0 Å². The fraction of sp³-hybridized carbons (Fsp3) is 0.867. The van der Waals surface area contributed by atoms with E-state index in [0.717, 1.165) is 58.0 Å². The first kappa shape index (κ1) is 14.5. The summed E-state index contributed by atoms with van der Waals surface area (Å²) in [6.07, 6.45) is 8.84. The molecule has 2 fully saturated rings. The van der Waals surface area contributed by atoms with Crippen molar-refractivity contribution in [2.75, 3.05) is 19.6 Å². The summed E-state index contributed by atoms with van der Waals surface area (Å²) in [5, 5.41) is 0. The molecule has 2 aliphatic heterocycles. The Bertz CT molecular complexity index is 311. The van der Waals surface area contributed by atoms with Crippen LogP contribution in [-0.2, 0) is 9.59 Å². The highest BCUT2D eigenvalue weighted by Gasteiger charge is 2.32. The van der Waals surface area contributed by atoms with Crippen LogP contribution in [0.3, 0.4) is 0 Å². The highest BCUT2D eigenvalue weighted by Crippen LogP contribution is 2.20. The van der Waals surface area contributed by atoms with Crippen molar-refractivity contribution in [1.82, 2.24) is 9.80 Å². The Labute approximate surface area is 116 Å². The highest BCUT2D eigenvalue weighted by molar-refractivity contribution is 5.82. The number of hydrogen-bond acceptors (Lipinski definition) is 3. The molecule has 108 valence electrons. The van der Waals surface area contributed by atoms with E-state index in [2.05, 4.69) is 4.90 Å². The second-order valence-corrected chi connectivity index (χ2v) is 5.85. The fourth-order valence-electron chi connectivity index (χ4n) is 3.30. The van der Waals surface area contributed by atoms with Gasteiger partial charge in [0, 0.05) is 13.1 Å². The number of hydrogen-bond donors (Lipinski definition) is 0. The molecule has 2 unspecified atom stereocenters. The molecule has 0 aromatic carbocycles. The van der Waals surface area contributed by atoms with Crippen molar-refractivity contribution in [3.63, 3.8) is 0 Å². The molecule has 2 atom stereocenters. The average Bonchev–Trinajstić information content (AvgIpc) is 2.74. The normalized spacial score (nSPS) is 27.6. The van der Waals surface area contributed by atoms with E-state index in [-0.39, 0.29) is 18.0 Å². The molecule has 2 aliphatic rings. The van der Waals surface area contributed by atoms with Gasteiger partial charge < -0.3 is 9.69 Å². The maximum atomic E-state index is 12.6. The van der Waals surface area contributed by atoms with Gasteiger partial charge in [-0.1, -0.05) is 19.3 Å². The largest absolute Gasteiger partial charge is 0.341 e. The molecule has 2 saturated heterocycles. The molecule has 0 bridgehead atoms. The van der Waals surface area contributed by atoms with Crippen LogP contribution in [0.1, 0.15) is 51.9 Å². The van der Waals surface area contributed by atoms with Crippen LogP contribution in [0.4, 0.5) is 0 Å². The Kier molecular flexibility index (Phi) is 5.37. The number of carbonyl (C=O) groups is 2. The van der Waals surface area contributed by atoms with Gasteiger partial charge in [-0.15, -0.1) is 0 Å². The van der Waals surface area contributed by atoms with Crippen LogP contribution in [0.2, 0.25) is 0 Å². The molecule has 0 N–H and O–H groups in total. The second-order valence-electron chi connectivity index (χ2n) is 5.85. The molecular weight excluding hydrogens is 240 g/mol. The molecule has 1 amide bonds. The van der Waals surface area contributed by atoms with Gasteiger partial charge in [-0.05, 0) is 39.2 Å². The van der Waals surface area contributed by atoms with Crippen LogP contribution in [0.15, 0.2) is 0 Å².